The second-order valence-electron chi connectivity index (χ2n) is 10.1. The van der Waals surface area contributed by atoms with Gasteiger partial charge in [-0.1, -0.05) is 0 Å². The molecule has 44 heavy (non-hydrogen) atoms. The molecule has 232 valence electrons. The molecule has 0 radical (unpaired) electrons. The summed E-state index contributed by atoms with van der Waals surface area (Å²) in [7, 11) is 0. The molecule has 1 aliphatic heterocycles. The van der Waals surface area contributed by atoms with E-state index >= 15 is 0 Å². The average Bonchev–Trinajstić information content (AvgIpc) is 3.52. The molecule has 4 aromatic rings. The fourth-order valence-corrected chi connectivity index (χ4v) is 4.51. The van der Waals surface area contributed by atoms with E-state index in [1.165, 1.54) is 19.1 Å². The van der Waals surface area contributed by atoms with Crippen molar-refractivity contribution in [2.75, 3.05) is 13.2 Å². The first-order valence-corrected chi connectivity index (χ1v) is 12.5. The minimum Gasteiger partial charge on any atom is -0.489 e. The maximum absolute atomic E-state index is 14.5. The number of fused-ring (bicyclic) bond motifs is 2. The van der Waals surface area contributed by atoms with E-state index in [4.69, 9.17) is 10.5 Å². The number of hydrogen-bond acceptors (Lipinski definition) is 7. The lowest BCUT2D eigenvalue weighted by Crippen LogP contribution is -2.52. The van der Waals surface area contributed by atoms with Gasteiger partial charge in [-0.25, -0.2) is 14.4 Å². The number of imidazole rings is 1. The lowest BCUT2D eigenvalue weighted by Gasteiger charge is -2.31. The number of aromatic nitrogens is 3. The van der Waals surface area contributed by atoms with Crippen molar-refractivity contribution < 1.29 is 54.9 Å². The highest BCUT2D eigenvalue weighted by molar-refractivity contribution is 5.93. The molecular formula is C27H20F7N5O5. The molecule has 0 bridgehead atoms. The van der Waals surface area contributed by atoms with Gasteiger partial charge >= 0.3 is 12.5 Å². The van der Waals surface area contributed by atoms with Crippen LogP contribution >= 0.6 is 0 Å². The summed E-state index contributed by atoms with van der Waals surface area (Å²) in [4.78, 5) is 33.0. The summed E-state index contributed by atoms with van der Waals surface area (Å²) in [5, 5.41) is 13.0. The molecule has 4 N–H and O–H groups in total. The topological polar surface area (TPSA) is 141 Å². The Morgan fingerprint density at radius 1 is 1.09 bits per heavy atom. The number of nitrogens with zero attached hydrogens (tertiary/aromatic N) is 3. The van der Waals surface area contributed by atoms with Crippen LogP contribution in [0.4, 0.5) is 30.7 Å². The third-order valence-electron chi connectivity index (χ3n) is 7.02. The second-order valence-corrected chi connectivity index (χ2v) is 10.1. The molecule has 1 aromatic carbocycles. The predicted octanol–water partition coefficient (Wildman–Crippen LogP) is 3.75. The number of halogens is 7. The van der Waals surface area contributed by atoms with Crippen LogP contribution < -0.4 is 20.5 Å². The minimum atomic E-state index is -5.47. The van der Waals surface area contributed by atoms with E-state index in [0.29, 0.717) is 0 Å². The zero-order valence-corrected chi connectivity index (χ0v) is 22.3. The largest absolute Gasteiger partial charge is 0.573 e. The number of amides is 2. The van der Waals surface area contributed by atoms with Crippen molar-refractivity contribution in [3.8, 4) is 22.8 Å². The number of primary amides is 1. The molecule has 2 atom stereocenters. The van der Waals surface area contributed by atoms with Crippen LogP contribution in [0.15, 0.2) is 54.9 Å². The molecule has 0 fully saturated rings. The maximum atomic E-state index is 14.5. The summed E-state index contributed by atoms with van der Waals surface area (Å²) < 4.78 is 105. The summed E-state index contributed by atoms with van der Waals surface area (Å²) in [6.07, 6.45) is -8.68. The molecular weight excluding hydrogens is 607 g/mol. The molecule has 0 spiro atoms. The molecule has 17 heteroatoms. The van der Waals surface area contributed by atoms with Crippen LogP contribution in [-0.4, -0.2) is 57.0 Å². The molecule has 0 saturated heterocycles. The quantitative estimate of drug-likeness (QED) is 0.265. The molecule has 0 aliphatic carbocycles. The van der Waals surface area contributed by atoms with Crippen LogP contribution in [-0.2, 0) is 15.8 Å². The zero-order chi connectivity index (χ0) is 32.2. The number of hydrogen-bond donors (Lipinski definition) is 3. The molecule has 5 rings (SSSR count). The van der Waals surface area contributed by atoms with Gasteiger partial charge in [0.25, 0.3) is 5.91 Å². The molecule has 1 aliphatic rings. The predicted molar refractivity (Wildman–Crippen MR) is 136 cm³/mol. The van der Waals surface area contributed by atoms with Gasteiger partial charge in [-0.3, -0.25) is 9.59 Å². The molecule has 10 nitrogen and oxygen atoms in total. The Labute approximate surface area is 242 Å². The molecule has 4 heterocycles. The van der Waals surface area contributed by atoms with E-state index in [-0.39, 0.29) is 34.8 Å². The summed E-state index contributed by atoms with van der Waals surface area (Å²) in [5.41, 5.74) is -1.83. The third-order valence-corrected chi connectivity index (χ3v) is 7.02. The number of carbonyl (C=O) groups is 2. The van der Waals surface area contributed by atoms with Gasteiger partial charge in [-0.05, 0) is 49.4 Å². The number of nitrogens with one attached hydrogen (secondary N) is 1. The van der Waals surface area contributed by atoms with Crippen molar-refractivity contribution in [2.24, 2.45) is 5.73 Å². The Morgan fingerprint density at radius 3 is 2.39 bits per heavy atom. The van der Waals surface area contributed by atoms with Gasteiger partial charge in [-0.15, -0.1) is 13.2 Å². The number of benzene rings is 1. The number of carbonyl (C=O) groups excluding carboxylic acids is 2. The number of ether oxygens (including phenoxy) is 2. The van der Waals surface area contributed by atoms with Crippen molar-refractivity contribution in [2.45, 2.75) is 30.5 Å². The lowest BCUT2D eigenvalue weighted by atomic mass is 9.81. The maximum Gasteiger partial charge on any atom is 0.573 e. The Bertz CT molecular complexity index is 1770. The standard InChI is InChI=1S/C27H20F7N5O5/c1-24(23(35)41)12-43-21-16(24)8-18(38-20(21)13-2-4-14(28)5-3-13)25(42,26(29,30)31)11-36-22(40)17-10-39-9-15(44-27(32,33)34)6-7-19(39)37-17/h2-10,42H,11-12H2,1H3,(H2,35,41)(H,36,40)/t24-,25?/m0/s1. The van der Waals surface area contributed by atoms with Gasteiger partial charge in [0.05, 0.1) is 18.4 Å². The first-order valence-electron chi connectivity index (χ1n) is 12.5. The van der Waals surface area contributed by atoms with Crippen LogP contribution in [0.3, 0.4) is 0 Å². The summed E-state index contributed by atoms with van der Waals surface area (Å²) in [6.45, 7) is -0.543. The minimum absolute atomic E-state index is 0.0364. The van der Waals surface area contributed by atoms with Gasteiger partial charge in [0.1, 0.15) is 46.4 Å². The Balaban J connectivity index is 1.52. The summed E-state index contributed by atoms with van der Waals surface area (Å²) >= 11 is 0. The Morgan fingerprint density at radius 2 is 1.77 bits per heavy atom. The van der Waals surface area contributed by atoms with Gasteiger partial charge in [0.15, 0.2) is 0 Å². The van der Waals surface area contributed by atoms with Crippen LogP contribution in [0.5, 0.6) is 11.5 Å². The van der Waals surface area contributed by atoms with Crippen molar-refractivity contribution in [3.05, 3.63) is 77.6 Å². The smallest absolute Gasteiger partial charge is 0.489 e. The van der Waals surface area contributed by atoms with Gasteiger partial charge < -0.3 is 30.0 Å². The highest BCUT2D eigenvalue weighted by Gasteiger charge is 2.57. The van der Waals surface area contributed by atoms with Crippen LogP contribution in [0, 0.1) is 5.82 Å². The van der Waals surface area contributed by atoms with E-state index in [0.717, 1.165) is 47.1 Å². The number of aliphatic hydroxyl groups is 1. The van der Waals surface area contributed by atoms with E-state index in [9.17, 15) is 45.4 Å². The fraction of sp³-hybridized carbons (Fsp3) is 0.259. The van der Waals surface area contributed by atoms with Gasteiger partial charge in [0.2, 0.25) is 11.5 Å². The zero-order valence-electron chi connectivity index (χ0n) is 22.3. The van der Waals surface area contributed by atoms with E-state index < -0.39 is 64.9 Å². The molecule has 3 aromatic heterocycles. The summed E-state index contributed by atoms with van der Waals surface area (Å²) in [5.74, 6) is -3.57. The van der Waals surface area contributed by atoms with Crippen molar-refractivity contribution in [1.29, 1.82) is 0 Å². The molecule has 0 saturated carbocycles. The van der Waals surface area contributed by atoms with E-state index in [1.807, 2.05) is 5.32 Å². The number of alkyl halides is 6. The van der Waals surface area contributed by atoms with Gasteiger partial charge in [0, 0.05) is 17.3 Å². The van der Waals surface area contributed by atoms with E-state index in [2.05, 4.69) is 14.7 Å². The third kappa shape index (κ3) is 5.45. The normalized spacial score (nSPS) is 17.9. The van der Waals surface area contributed by atoms with Crippen LogP contribution in [0.25, 0.3) is 16.9 Å². The van der Waals surface area contributed by atoms with Crippen molar-refractivity contribution in [1.82, 2.24) is 19.7 Å². The monoisotopic (exact) mass is 627 g/mol. The Hall–Kier alpha value is -4.93. The number of rotatable bonds is 7. The van der Waals surface area contributed by atoms with Crippen LogP contribution in [0.1, 0.15) is 28.7 Å². The first kappa shape index (κ1) is 30.5. The van der Waals surface area contributed by atoms with E-state index in [1.54, 1.807) is 0 Å². The fourth-order valence-electron chi connectivity index (χ4n) is 4.51. The highest BCUT2D eigenvalue weighted by Crippen LogP contribution is 2.47. The summed E-state index contributed by atoms with van der Waals surface area (Å²) in [6, 6.07) is 7.23. The molecule has 1 unspecified atom stereocenters. The number of pyridine rings is 2. The number of nitrogens with two attached hydrogens (primary N) is 1. The van der Waals surface area contributed by atoms with Crippen molar-refractivity contribution in [3.63, 3.8) is 0 Å². The van der Waals surface area contributed by atoms with Crippen molar-refractivity contribution >= 4 is 17.5 Å². The van der Waals surface area contributed by atoms with Gasteiger partial charge in [-0.2, -0.15) is 13.2 Å². The first-order chi connectivity index (χ1) is 20.4. The Kier molecular flexibility index (Phi) is 7.19. The highest BCUT2D eigenvalue weighted by atomic mass is 19.4. The molecule has 2 amide bonds. The second kappa shape index (κ2) is 10.4. The van der Waals surface area contributed by atoms with Crippen LogP contribution in [0.2, 0.25) is 0 Å². The SMILES string of the molecule is C[C@]1(C(N)=O)COc2c1cc(C(O)(CNC(=O)c1cn3cc(OC(F)(F)F)ccc3n1)C(F)(F)F)nc2-c1ccc(F)cc1. The lowest BCUT2D eigenvalue weighted by molar-refractivity contribution is -0.274. The average molecular weight is 627 g/mol.